The zero-order valence-corrected chi connectivity index (χ0v) is 12.0. The minimum atomic E-state index is -0.443. The highest BCUT2D eigenvalue weighted by Crippen LogP contribution is 2.06. The molecule has 0 atom stereocenters. The second kappa shape index (κ2) is 11.7. The number of amides is 1. The second-order valence-corrected chi connectivity index (χ2v) is 4.86. The smallest absolute Gasteiger partial charge is 0.407 e. The SMILES string of the molecule is CC(C)(C)OC(=O)NCCCCO.CCCC. The number of rotatable bonds is 5. The Morgan fingerprint density at radius 1 is 1.18 bits per heavy atom. The van der Waals surface area contributed by atoms with Gasteiger partial charge in [-0.25, -0.2) is 4.79 Å². The fraction of sp³-hybridized carbons (Fsp3) is 0.923. The molecule has 2 N–H and O–H groups in total. The lowest BCUT2D eigenvalue weighted by Gasteiger charge is -2.19. The van der Waals surface area contributed by atoms with Crippen molar-refractivity contribution in [2.24, 2.45) is 0 Å². The normalized spacial score (nSPS) is 10.2. The van der Waals surface area contributed by atoms with Crippen LogP contribution in [-0.4, -0.2) is 30.0 Å². The number of carbonyl (C=O) groups excluding carboxylic acids is 1. The Hall–Kier alpha value is -0.770. The summed E-state index contributed by atoms with van der Waals surface area (Å²) >= 11 is 0. The van der Waals surface area contributed by atoms with Crippen LogP contribution in [0.3, 0.4) is 0 Å². The van der Waals surface area contributed by atoms with E-state index in [9.17, 15) is 4.79 Å². The summed E-state index contributed by atoms with van der Waals surface area (Å²) in [7, 11) is 0. The van der Waals surface area contributed by atoms with Crippen LogP contribution < -0.4 is 5.32 Å². The molecule has 0 aliphatic rings. The van der Waals surface area contributed by atoms with Crippen molar-refractivity contribution in [3.8, 4) is 0 Å². The van der Waals surface area contributed by atoms with E-state index in [0.29, 0.717) is 13.0 Å². The Bertz CT molecular complexity index is 174. The lowest BCUT2D eigenvalue weighted by Crippen LogP contribution is -2.33. The van der Waals surface area contributed by atoms with Crippen molar-refractivity contribution in [3.05, 3.63) is 0 Å². The topological polar surface area (TPSA) is 58.6 Å². The van der Waals surface area contributed by atoms with Gasteiger partial charge in [-0.05, 0) is 33.6 Å². The van der Waals surface area contributed by atoms with E-state index in [4.69, 9.17) is 9.84 Å². The van der Waals surface area contributed by atoms with Gasteiger partial charge in [0.05, 0.1) is 0 Å². The monoisotopic (exact) mass is 247 g/mol. The number of nitrogens with one attached hydrogen (secondary N) is 1. The minimum Gasteiger partial charge on any atom is -0.444 e. The third-order valence-corrected chi connectivity index (χ3v) is 1.75. The summed E-state index contributed by atoms with van der Waals surface area (Å²) in [6, 6.07) is 0. The average Bonchev–Trinajstić information content (AvgIpc) is 2.22. The summed E-state index contributed by atoms with van der Waals surface area (Å²) in [6.45, 7) is 10.5. The molecule has 0 aliphatic carbocycles. The third kappa shape index (κ3) is 21.1. The number of hydrogen-bond acceptors (Lipinski definition) is 3. The van der Waals surface area contributed by atoms with E-state index < -0.39 is 11.7 Å². The van der Waals surface area contributed by atoms with Gasteiger partial charge in [-0.15, -0.1) is 0 Å². The molecule has 4 heteroatoms. The van der Waals surface area contributed by atoms with Gasteiger partial charge in [-0.2, -0.15) is 0 Å². The maximum atomic E-state index is 11.0. The van der Waals surface area contributed by atoms with Crippen molar-refractivity contribution in [1.29, 1.82) is 0 Å². The van der Waals surface area contributed by atoms with Gasteiger partial charge in [-0.1, -0.05) is 26.7 Å². The molecule has 0 saturated heterocycles. The van der Waals surface area contributed by atoms with E-state index in [1.807, 2.05) is 20.8 Å². The minimum absolute atomic E-state index is 0.163. The van der Waals surface area contributed by atoms with Crippen LogP contribution in [0.2, 0.25) is 0 Å². The molecule has 1 amide bonds. The fourth-order valence-electron chi connectivity index (χ4n) is 0.741. The summed E-state index contributed by atoms with van der Waals surface area (Å²) < 4.78 is 5.01. The van der Waals surface area contributed by atoms with E-state index in [1.54, 1.807) is 0 Å². The lowest BCUT2D eigenvalue weighted by molar-refractivity contribution is 0.0526. The van der Waals surface area contributed by atoms with Gasteiger partial charge in [0.1, 0.15) is 5.60 Å². The van der Waals surface area contributed by atoms with Crippen molar-refractivity contribution in [3.63, 3.8) is 0 Å². The van der Waals surface area contributed by atoms with Crippen LogP contribution in [0.5, 0.6) is 0 Å². The van der Waals surface area contributed by atoms with Crippen molar-refractivity contribution < 1.29 is 14.6 Å². The number of alkyl carbamates (subject to hydrolysis) is 1. The predicted octanol–water partition coefficient (Wildman–Crippen LogP) is 3.09. The molecule has 0 aromatic carbocycles. The quantitative estimate of drug-likeness (QED) is 0.734. The molecule has 0 rings (SSSR count). The Kier molecular flexibility index (Phi) is 12.8. The first-order valence-corrected chi connectivity index (χ1v) is 6.45. The van der Waals surface area contributed by atoms with Gasteiger partial charge >= 0.3 is 6.09 Å². The van der Waals surface area contributed by atoms with E-state index >= 15 is 0 Å². The molecule has 0 spiro atoms. The predicted molar refractivity (Wildman–Crippen MR) is 71.1 cm³/mol. The molecule has 0 saturated carbocycles. The maximum Gasteiger partial charge on any atom is 0.407 e. The van der Waals surface area contributed by atoms with Crippen molar-refractivity contribution >= 4 is 6.09 Å². The number of carbonyl (C=O) groups is 1. The average molecular weight is 247 g/mol. The summed E-state index contributed by atoms with van der Waals surface area (Å²) in [5.74, 6) is 0. The number of ether oxygens (including phenoxy) is 1. The van der Waals surface area contributed by atoms with Gasteiger partial charge in [-0.3, -0.25) is 0 Å². The third-order valence-electron chi connectivity index (χ3n) is 1.75. The number of unbranched alkanes of at least 4 members (excludes halogenated alkanes) is 2. The molecule has 0 aromatic heterocycles. The Morgan fingerprint density at radius 3 is 2.06 bits per heavy atom. The molecule has 17 heavy (non-hydrogen) atoms. The van der Waals surface area contributed by atoms with E-state index in [2.05, 4.69) is 19.2 Å². The first-order valence-electron chi connectivity index (χ1n) is 6.45. The summed E-state index contributed by atoms with van der Waals surface area (Å²) in [6.07, 6.45) is 3.72. The standard InChI is InChI=1S/C9H19NO3.C4H10/c1-9(2,3)13-8(12)10-6-4-5-7-11;1-3-4-2/h11H,4-7H2,1-3H3,(H,10,12);3-4H2,1-2H3. The van der Waals surface area contributed by atoms with E-state index in [1.165, 1.54) is 12.8 Å². The molecule has 0 unspecified atom stereocenters. The first-order chi connectivity index (χ1) is 7.87. The molecular formula is C13H29NO3. The molecule has 0 heterocycles. The van der Waals surface area contributed by atoms with Crippen LogP contribution in [0.1, 0.15) is 60.3 Å². The molecule has 4 nitrogen and oxygen atoms in total. The molecule has 0 aliphatic heterocycles. The van der Waals surface area contributed by atoms with Crippen molar-refractivity contribution in [2.75, 3.05) is 13.2 Å². The molecule has 0 bridgehead atoms. The van der Waals surface area contributed by atoms with Crippen LogP contribution in [0.15, 0.2) is 0 Å². The summed E-state index contributed by atoms with van der Waals surface area (Å²) in [5.41, 5.74) is -0.443. The van der Waals surface area contributed by atoms with Gasteiger partial charge in [0, 0.05) is 13.2 Å². The molecule has 104 valence electrons. The van der Waals surface area contributed by atoms with Gasteiger partial charge in [0.2, 0.25) is 0 Å². The largest absolute Gasteiger partial charge is 0.444 e. The Balaban J connectivity index is 0. The number of hydrogen-bond donors (Lipinski definition) is 2. The number of aliphatic hydroxyl groups excluding tert-OH is 1. The highest BCUT2D eigenvalue weighted by molar-refractivity contribution is 5.67. The van der Waals surface area contributed by atoms with Gasteiger partial charge < -0.3 is 15.2 Å². The van der Waals surface area contributed by atoms with Crippen LogP contribution in [0.4, 0.5) is 4.79 Å². The first kappa shape index (κ1) is 18.6. The van der Waals surface area contributed by atoms with Crippen LogP contribution in [-0.2, 0) is 4.74 Å². The molecule has 0 fully saturated rings. The summed E-state index contributed by atoms with van der Waals surface area (Å²) in [5, 5.41) is 11.1. The Morgan fingerprint density at radius 2 is 1.71 bits per heavy atom. The van der Waals surface area contributed by atoms with Crippen molar-refractivity contribution in [1.82, 2.24) is 5.32 Å². The zero-order valence-electron chi connectivity index (χ0n) is 12.0. The highest BCUT2D eigenvalue weighted by atomic mass is 16.6. The maximum absolute atomic E-state index is 11.0. The van der Waals surface area contributed by atoms with E-state index in [-0.39, 0.29) is 6.61 Å². The molecule has 0 aromatic rings. The zero-order chi connectivity index (χ0) is 13.7. The summed E-state index contributed by atoms with van der Waals surface area (Å²) in [4.78, 5) is 11.0. The van der Waals surface area contributed by atoms with Gasteiger partial charge in [0.15, 0.2) is 0 Å². The van der Waals surface area contributed by atoms with Crippen LogP contribution >= 0.6 is 0 Å². The molecular weight excluding hydrogens is 218 g/mol. The van der Waals surface area contributed by atoms with Crippen LogP contribution in [0.25, 0.3) is 0 Å². The fourth-order valence-corrected chi connectivity index (χ4v) is 0.741. The Labute approximate surface area is 106 Å². The second-order valence-electron chi connectivity index (χ2n) is 4.86. The lowest BCUT2D eigenvalue weighted by atomic mass is 10.2. The highest BCUT2D eigenvalue weighted by Gasteiger charge is 2.15. The molecule has 0 radical (unpaired) electrons. The van der Waals surface area contributed by atoms with Gasteiger partial charge in [0.25, 0.3) is 0 Å². The van der Waals surface area contributed by atoms with Crippen LogP contribution in [0, 0.1) is 0 Å². The van der Waals surface area contributed by atoms with Crippen molar-refractivity contribution in [2.45, 2.75) is 65.9 Å². The van der Waals surface area contributed by atoms with E-state index in [0.717, 1.165) is 6.42 Å². The number of aliphatic hydroxyl groups is 1.